The monoisotopic (exact) mass is 477 g/mol. The Labute approximate surface area is 187 Å². The number of alkyl halides is 3. The van der Waals surface area contributed by atoms with Crippen molar-refractivity contribution in [3.8, 4) is 22.5 Å². The van der Waals surface area contributed by atoms with E-state index in [0.717, 1.165) is 10.9 Å². The highest BCUT2D eigenvalue weighted by atomic mass is 35.5. The van der Waals surface area contributed by atoms with E-state index in [1.165, 1.54) is 36.4 Å². The van der Waals surface area contributed by atoms with Crippen LogP contribution in [-0.4, -0.2) is 18.3 Å². The van der Waals surface area contributed by atoms with Crippen molar-refractivity contribution in [3.05, 3.63) is 95.5 Å². The number of benzene rings is 3. The maximum absolute atomic E-state index is 13.5. The van der Waals surface area contributed by atoms with Gasteiger partial charge in [-0.3, -0.25) is 0 Å². The lowest BCUT2D eigenvalue weighted by atomic mass is 10.0. The molecule has 0 saturated carbocycles. The van der Waals surface area contributed by atoms with Crippen molar-refractivity contribution in [2.75, 3.05) is 4.83 Å². The van der Waals surface area contributed by atoms with E-state index < -0.39 is 21.8 Å². The molecule has 0 radical (unpaired) electrons. The van der Waals surface area contributed by atoms with Gasteiger partial charge in [-0.25, -0.2) is 0 Å². The quantitative estimate of drug-likeness (QED) is 0.394. The molecule has 0 saturated heterocycles. The summed E-state index contributed by atoms with van der Waals surface area (Å²) >= 11 is 5.94. The maximum Gasteiger partial charge on any atom is 0.417 e. The Morgan fingerprint density at radius 3 is 2.16 bits per heavy atom. The van der Waals surface area contributed by atoms with Crippen molar-refractivity contribution >= 4 is 21.6 Å². The topological polar surface area (TPSA) is 64.0 Å². The van der Waals surface area contributed by atoms with Gasteiger partial charge in [0, 0.05) is 16.1 Å². The smallest absolute Gasteiger partial charge is 0.200 e. The number of nitrogens with one attached hydrogen (secondary N) is 1. The summed E-state index contributed by atoms with van der Waals surface area (Å²) in [6, 6.07) is 20.3. The number of hydrogen-bond donors (Lipinski definition) is 1. The molecule has 0 unspecified atom stereocenters. The lowest BCUT2D eigenvalue weighted by Crippen LogP contribution is -2.25. The summed E-state index contributed by atoms with van der Waals surface area (Å²) in [5, 5.41) is 4.61. The fourth-order valence-electron chi connectivity index (χ4n) is 3.13. The molecule has 0 aliphatic carbocycles. The van der Waals surface area contributed by atoms with Crippen molar-refractivity contribution < 1.29 is 21.6 Å². The van der Waals surface area contributed by atoms with Gasteiger partial charge < -0.3 is 0 Å². The van der Waals surface area contributed by atoms with E-state index in [0.29, 0.717) is 10.6 Å². The van der Waals surface area contributed by atoms with Gasteiger partial charge in [-0.15, -0.1) is 0 Å². The number of rotatable bonds is 5. The third-order valence-corrected chi connectivity index (χ3v) is 6.18. The van der Waals surface area contributed by atoms with Crippen LogP contribution in [0.4, 0.5) is 13.2 Å². The van der Waals surface area contributed by atoms with E-state index in [1.807, 2.05) is 0 Å². The van der Waals surface area contributed by atoms with E-state index in [9.17, 15) is 21.6 Å². The number of aromatic nitrogens is 2. The first-order valence-electron chi connectivity index (χ1n) is 9.26. The van der Waals surface area contributed by atoms with Gasteiger partial charge in [0.1, 0.15) is 0 Å². The second kappa shape index (κ2) is 8.33. The van der Waals surface area contributed by atoms with Crippen molar-refractivity contribution in [1.82, 2.24) is 9.89 Å². The van der Waals surface area contributed by atoms with Crippen LogP contribution in [0.1, 0.15) is 5.56 Å². The summed E-state index contributed by atoms with van der Waals surface area (Å²) in [6.45, 7) is 0. The molecule has 1 heterocycles. The molecular weight excluding hydrogens is 463 g/mol. The third kappa shape index (κ3) is 4.49. The number of sulfonamides is 1. The van der Waals surface area contributed by atoms with Gasteiger partial charge in [0.2, 0.25) is 0 Å². The van der Waals surface area contributed by atoms with Crippen molar-refractivity contribution in [3.63, 3.8) is 0 Å². The molecule has 0 amide bonds. The fourth-order valence-corrected chi connectivity index (χ4v) is 4.24. The fraction of sp³-hybridized carbons (Fsp3) is 0.0455. The first-order chi connectivity index (χ1) is 15.1. The second-order valence-corrected chi connectivity index (χ2v) is 8.88. The van der Waals surface area contributed by atoms with Gasteiger partial charge >= 0.3 is 6.18 Å². The minimum absolute atomic E-state index is 0.0187. The number of hydrogen-bond acceptors (Lipinski definition) is 3. The lowest BCUT2D eigenvalue weighted by Gasteiger charge is -2.12. The Balaban J connectivity index is 1.87. The zero-order chi connectivity index (χ0) is 22.9. The number of halogens is 4. The maximum atomic E-state index is 13.5. The molecular formula is C22H15ClF3N3O2S. The SMILES string of the molecule is O=S(=O)(Nn1nc(-c2ccccc2C(F)(F)F)cc1-c1ccc(Cl)cc1)c1ccccc1. The third-order valence-electron chi connectivity index (χ3n) is 4.62. The molecule has 0 atom stereocenters. The van der Waals surface area contributed by atoms with Crippen molar-refractivity contribution in [2.24, 2.45) is 0 Å². The van der Waals surface area contributed by atoms with Crippen molar-refractivity contribution in [2.45, 2.75) is 11.1 Å². The molecule has 5 nitrogen and oxygen atoms in total. The first-order valence-corrected chi connectivity index (χ1v) is 11.1. The van der Waals surface area contributed by atoms with Gasteiger partial charge in [0.05, 0.1) is 21.8 Å². The Morgan fingerprint density at radius 2 is 1.50 bits per heavy atom. The molecule has 1 N–H and O–H groups in total. The standard InChI is InChI=1S/C22H15ClF3N3O2S/c23-16-12-10-15(11-13-16)21-14-20(18-8-4-5-9-19(18)22(24,25)26)27-29(21)28-32(30,31)17-6-2-1-3-7-17/h1-14,28H. The minimum Gasteiger partial charge on any atom is -0.200 e. The summed E-state index contributed by atoms with van der Waals surface area (Å²) in [7, 11) is -4.06. The average molecular weight is 478 g/mol. The van der Waals surface area contributed by atoms with Gasteiger partial charge in [-0.05, 0) is 36.4 Å². The molecule has 4 rings (SSSR count). The summed E-state index contributed by atoms with van der Waals surface area (Å²) in [6.07, 6.45) is -4.61. The van der Waals surface area contributed by atoms with E-state index in [2.05, 4.69) is 9.93 Å². The van der Waals surface area contributed by atoms with Gasteiger partial charge in [-0.2, -0.15) is 36.3 Å². The predicted molar refractivity (Wildman–Crippen MR) is 116 cm³/mol. The molecule has 32 heavy (non-hydrogen) atoms. The summed E-state index contributed by atoms with van der Waals surface area (Å²) in [5.74, 6) is 0. The molecule has 4 aromatic rings. The van der Waals surface area contributed by atoms with Crippen LogP contribution in [0, 0.1) is 0 Å². The van der Waals surface area contributed by atoms with Crippen LogP contribution in [0.3, 0.4) is 0 Å². The van der Waals surface area contributed by atoms with Crippen LogP contribution in [0.5, 0.6) is 0 Å². The van der Waals surface area contributed by atoms with Crippen LogP contribution in [0.2, 0.25) is 5.02 Å². The van der Waals surface area contributed by atoms with Crippen molar-refractivity contribution in [1.29, 1.82) is 0 Å². The molecule has 0 aliphatic rings. The first kappa shape index (κ1) is 21.9. The average Bonchev–Trinajstić information content (AvgIpc) is 3.17. The molecule has 0 fully saturated rings. The number of nitrogens with zero attached hydrogens (tertiary/aromatic N) is 2. The van der Waals surface area contributed by atoms with E-state index in [-0.39, 0.29) is 21.8 Å². The molecule has 0 spiro atoms. The highest BCUT2D eigenvalue weighted by molar-refractivity contribution is 7.92. The largest absolute Gasteiger partial charge is 0.417 e. The van der Waals surface area contributed by atoms with Gasteiger partial charge in [0.15, 0.2) is 0 Å². The van der Waals surface area contributed by atoms with E-state index in [1.54, 1.807) is 42.5 Å². The molecule has 3 aromatic carbocycles. The highest BCUT2D eigenvalue weighted by Crippen LogP contribution is 2.37. The highest BCUT2D eigenvalue weighted by Gasteiger charge is 2.34. The minimum atomic E-state index is -4.61. The zero-order valence-electron chi connectivity index (χ0n) is 16.2. The molecule has 0 aliphatic heterocycles. The Hall–Kier alpha value is -3.30. The molecule has 10 heteroatoms. The van der Waals surface area contributed by atoms with Crippen LogP contribution >= 0.6 is 11.6 Å². The van der Waals surface area contributed by atoms with Crippen LogP contribution in [0.15, 0.2) is 89.8 Å². The van der Waals surface area contributed by atoms with Gasteiger partial charge in [-0.1, -0.05) is 60.1 Å². The van der Waals surface area contributed by atoms with E-state index >= 15 is 0 Å². The Morgan fingerprint density at radius 1 is 0.875 bits per heavy atom. The molecule has 1 aromatic heterocycles. The summed E-state index contributed by atoms with van der Waals surface area (Å²) in [4.78, 5) is 3.26. The lowest BCUT2D eigenvalue weighted by molar-refractivity contribution is -0.137. The predicted octanol–water partition coefficient (Wildman–Crippen LogP) is 5.82. The molecule has 164 valence electrons. The van der Waals surface area contributed by atoms with Crippen LogP contribution < -0.4 is 4.83 Å². The Kier molecular flexibility index (Phi) is 5.70. The Bertz CT molecular complexity index is 1350. The van der Waals surface area contributed by atoms with E-state index in [4.69, 9.17) is 11.6 Å². The summed E-state index contributed by atoms with van der Waals surface area (Å²) < 4.78 is 66.3. The van der Waals surface area contributed by atoms with Crippen LogP contribution in [-0.2, 0) is 16.2 Å². The molecule has 0 bridgehead atoms. The summed E-state index contributed by atoms with van der Waals surface area (Å²) in [5.41, 5.74) is -0.341. The second-order valence-electron chi connectivity index (χ2n) is 6.78. The van der Waals surface area contributed by atoms with Gasteiger partial charge in [0.25, 0.3) is 10.0 Å². The zero-order valence-corrected chi connectivity index (χ0v) is 17.8. The van der Waals surface area contributed by atoms with Crippen LogP contribution in [0.25, 0.3) is 22.5 Å². The normalized spacial score (nSPS) is 12.0.